The monoisotopic (exact) mass is 421 g/mol. The van der Waals surface area contributed by atoms with E-state index >= 15 is 0 Å². The van der Waals surface area contributed by atoms with E-state index in [-0.39, 0.29) is 38.7 Å². The fourth-order valence-electron chi connectivity index (χ4n) is 1.99. The molecule has 0 fully saturated rings. The van der Waals surface area contributed by atoms with Gasteiger partial charge in [0, 0.05) is 46.2 Å². The van der Waals surface area contributed by atoms with Crippen LogP contribution in [0.1, 0.15) is 19.4 Å². The van der Waals surface area contributed by atoms with E-state index in [0.29, 0.717) is 5.75 Å². The predicted molar refractivity (Wildman–Crippen MR) is 82.9 cm³/mol. The van der Waals surface area contributed by atoms with Crippen molar-refractivity contribution in [3.05, 3.63) is 58.7 Å². The summed E-state index contributed by atoms with van der Waals surface area (Å²) in [6.07, 6.45) is 5.11. The second-order valence-electron chi connectivity index (χ2n) is 4.29. The van der Waals surface area contributed by atoms with Gasteiger partial charge in [0.2, 0.25) is 0 Å². The van der Waals surface area contributed by atoms with Crippen molar-refractivity contribution in [3.63, 3.8) is 0 Å². The van der Waals surface area contributed by atoms with Crippen molar-refractivity contribution in [1.29, 1.82) is 0 Å². The van der Waals surface area contributed by atoms with Crippen LogP contribution < -0.4 is 4.74 Å². The second kappa shape index (κ2) is 8.07. The van der Waals surface area contributed by atoms with Crippen LogP contribution in [0.3, 0.4) is 0 Å². The van der Waals surface area contributed by atoms with Gasteiger partial charge in [-0.3, -0.25) is 4.79 Å². The van der Waals surface area contributed by atoms with Gasteiger partial charge in [-0.1, -0.05) is 22.3 Å². The molecule has 1 aromatic carbocycles. The van der Waals surface area contributed by atoms with Gasteiger partial charge in [-0.05, 0) is 24.8 Å². The summed E-state index contributed by atoms with van der Waals surface area (Å²) in [7, 11) is 0. The molecule has 107 valence electrons. The number of carbonyl (C=O) groups is 1. The molecule has 0 aliphatic carbocycles. The summed E-state index contributed by atoms with van der Waals surface area (Å²) >= 11 is 3.46. The number of allylic oxidation sites excluding steroid dienone is 3. The van der Waals surface area contributed by atoms with Crippen LogP contribution in [0.15, 0.2) is 47.1 Å². The third-order valence-corrected chi connectivity index (χ3v) is 3.60. The first-order valence-corrected chi connectivity index (χ1v) is 7.07. The van der Waals surface area contributed by atoms with Gasteiger partial charge in [0.15, 0.2) is 0 Å². The van der Waals surface area contributed by atoms with Crippen LogP contribution in [0.25, 0.3) is 5.70 Å². The molecule has 0 spiro atoms. The molecule has 1 aliphatic rings. The fourth-order valence-corrected chi connectivity index (χ4v) is 2.32. The van der Waals surface area contributed by atoms with Crippen molar-refractivity contribution in [3.8, 4) is 5.75 Å². The molecule has 0 unspecified atom stereocenters. The minimum atomic E-state index is -0.323. The Morgan fingerprint density at radius 3 is 2.52 bits per heavy atom. The molecule has 0 bridgehead atoms. The minimum Gasteiger partial charge on any atom is -0.427 e. The number of rotatable bonds is 3. The largest absolute Gasteiger partial charge is 0.427 e. The number of ether oxygens (including phenoxy) is 1. The van der Waals surface area contributed by atoms with E-state index in [2.05, 4.69) is 40.4 Å². The Balaban J connectivity index is 0.00000220. The van der Waals surface area contributed by atoms with Crippen LogP contribution in [0.4, 0.5) is 0 Å². The average Bonchev–Trinajstić information content (AvgIpc) is 2.42. The second-order valence-corrected chi connectivity index (χ2v) is 5.15. The normalized spacial score (nSPS) is 14.0. The van der Waals surface area contributed by atoms with Gasteiger partial charge in [-0.2, -0.15) is 12.2 Å². The summed E-state index contributed by atoms with van der Waals surface area (Å²) in [5, 5.41) is 0. The summed E-state index contributed by atoms with van der Waals surface area (Å²) in [5.41, 5.74) is 2.86. The number of nitrogens with zero attached hydrogens (tertiary/aromatic N) is 1. The van der Waals surface area contributed by atoms with Gasteiger partial charge in [0.05, 0.1) is 0 Å². The van der Waals surface area contributed by atoms with Gasteiger partial charge in [-0.25, -0.2) is 0 Å². The van der Waals surface area contributed by atoms with E-state index in [1.807, 2.05) is 18.2 Å². The summed E-state index contributed by atoms with van der Waals surface area (Å²) in [5.74, 6) is 0.216. The number of likely N-dealkylation sites (N-methyl/N-ethyl adjacent to an activating group) is 1. The molecule has 0 N–H and O–H groups in total. The Kier molecular flexibility index (Phi) is 7.05. The molecule has 1 aromatic rings. The van der Waals surface area contributed by atoms with E-state index in [0.717, 1.165) is 28.0 Å². The Morgan fingerprint density at radius 1 is 1.38 bits per heavy atom. The maximum Gasteiger partial charge on any atom is 0.308 e. The topological polar surface area (TPSA) is 29.5 Å². The summed E-state index contributed by atoms with van der Waals surface area (Å²) in [4.78, 5) is 13.0. The molecule has 1 radical (unpaired) electrons. The maximum atomic E-state index is 10.9. The molecule has 1 aliphatic heterocycles. The van der Waals surface area contributed by atoms with Crippen LogP contribution in [-0.4, -0.2) is 17.4 Å². The number of hydrogen-bond donors (Lipinski definition) is 0. The van der Waals surface area contributed by atoms with Gasteiger partial charge in [0.25, 0.3) is 0 Å². The van der Waals surface area contributed by atoms with Crippen LogP contribution in [-0.2, 0) is 37.5 Å². The van der Waals surface area contributed by atoms with E-state index in [1.54, 1.807) is 12.1 Å². The van der Waals surface area contributed by atoms with Crippen molar-refractivity contribution in [2.24, 2.45) is 0 Å². The van der Waals surface area contributed by atoms with E-state index in [4.69, 9.17) is 4.74 Å². The van der Waals surface area contributed by atoms with Crippen LogP contribution in [0.2, 0.25) is 0 Å². The minimum absolute atomic E-state index is 0. The number of carbonyl (C=O) groups excluding carboxylic acids is 1. The predicted octanol–water partition coefficient (Wildman–Crippen LogP) is 3.88. The molecule has 0 saturated carbocycles. The Bertz CT molecular complexity index is 605. The summed E-state index contributed by atoms with van der Waals surface area (Å²) in [6.45, 7) is 8.31. The molecule has 0 aromatic heterocycles. The molecular weight excluding hydrogens is 407 g/mol. The van der Waals surface area contributed by atoms with Crippen LogP contribution in [0.5, 0.6) is 5.75 Å². The summed E-state index contributed by atoms with van der Waals surface area (Å²) in [6, 6.07) is 7.36. The first-order valence-electron chi connectivity index (χ1n) is 6.27. The van der Waals surface area contributed by atoms with E-state index in [1.165, 1.54) is 6.92 Å². The molecule has 3 nitrogen and oxygen atoms in total. The van der Waals surface area contributed by atoms with Crippen molar-refractivity contribution in [1.82, 2.24) is 4.90 Å². The Hall–Kier alpha value is -0.706. The van der Waals surface area contributed by atoms with Crippen LogP contribution in [0, 0.1) is 6.08 Å². The van der Waals surface area contributed by atoms with Gasteiger partial charge in [-0.15, -0.1) is 28.1 Å². The Labute approximate surface area is 158 Å². The average molecular weight is 422 g/mol. The number of hydrogen-bond acceptors (Lipinski definition) is 3. The molecule has 0 saturated heterocycles. The SMILES string of the molecule is C=C1C(Br)=C[C-]=C(c2ccc(OC(C)=O)cc2)N1CC.[Y]. The number of halogens is 1. The number of esters is 1. The van der Waals surface area contributed by atoms with E-state index < -0.39 is 0 Å². The fraction of sp³-hybridized carbons (Fsp3) is 0.188. The summed E-state index contributed by atoms with van der Waals surface area (Å²) < 4.78 is 5.96. The molecule has 2 rings (SSSR count). The van der Waals surface area contributed by atoms with E-state index in [9.17, 15) is 4.79 Å². The zero-order valence-electron chi connectivity index (χ0n) is 12.0. The van der Waals surface area contributed by atoms with Gasteiger partial charge in [0.1, 0.15) is 5.75 Å². The first kappa shape index (κ1) is 18.3. The smallest absolute Gasteiger partial charge is 0.308 e. The van der Waals surface area contributed by atoms with Crippen molar-refractivity contribution >= 4 is 27.6 Å². The van der Waals surface area contributed by atoms with Gasteiger partial charge >= 0.3 is 5.97 Å². The van der Waals surface area contributed by atoms with Crippen LogP contribution >= 0.6 is 15.9 Å². The third-order valence-electron chi connectivity index (χ3n) is 2.91. The molecule has 21 heavy (non-hydrogen) atoms. The zero-order chi connectivity index (χ0) is 14.7. The van der Waals surface area contributed by atoms with Gasteiger partial charge < -0.3 is 9.64 Å². The standard InChI is InChI=1S/C16H15BrNO2.Y/c1-4-18-11(2)15(17)9-10-16(18)13-5-7-14(8-6-13)20-12(3)19;/h5-9H,2,4H2,1,3H3;/q-1;. The molecule has 0 amide bonds. The third kappa shape index (κ3) is 4.38. The first-order chi connectivity index (χ1) is 9.52. The molecule has 1 heterocycles. The molecule has 5 heteroatoms. The van der Waals surface area contributed by atoms with Crippen molar-refractivity contribution in [2.75, 3.05) is 6.54 Å². The number of benzene rings is 1. The molecular formula is C16H15BrNO2Y-. The Morgan fingerprint density at radius 2 is 2.00 bits per heavy atom. The molecule has 0 atom stereocenters. The zero-order valence-corrected chi connectivity index (χ0v) is 16.4. The van der Waals surface area contributed by atoms with Crippen molar-refractivity contribution in [2.45, 2.75) is 13.8 Å². The quantitative estimate of drug-likeness (QED) is 0.421. The maximum absolute atomic E-state index is 10.9. The van der Waals surface area contributed by atoms with Crippen molar-refractivity contribution < 1.29 is 42.2 Å².